The quantitative estimate of drug-likeness (QED) is 0.507. The minimum Gasteiger partial charge on any atom is -0.298 e. The summed E-state index contributed by atoms with van der Waals surface area (Å²) in [7, 11) is 0. The van der Waals surface area contributed by atoms with E-state index < -0.39 is 0 Å². The van der Waals surface area contributed by atoms with E-state index in [-0.39, 0.29) is 5.41 Å². The molecule has 0 saturated heterocycles. The summed E-state index contributed by atoms with van der Waals surface area (Å²) in [5, 5.41) is 0. The van der Waals surface area contributed by atoms with Crippen LogP contribution in [-0.2, 0) is 4.79 Å². The van der Waals surface area contributed by atoms with E-state index in [0.717, 1.165) is 24.7 Å². The van der Waals surface area contributed by atoms with Gasteiger partial charge in [-0.05, 0) is 56.4 Å². The van der Waals surface area contributed by atoms with Crippen LogP contribution in [0.4, 0.5) is 0 Å². The van der Waals surface area contributed by atoms with Gasteiger partial charge in [0.1, 0.15) is 6.29 Å². The van der Waals surface area contributed by atoms with Crippen LogP contribution in [0, 0.1) is 17.3 Å². The molecule has 16 heavy (non-hydrogen) atoms. The lowest BCUT2D eigenvalue weighted by atomic mass is 9.64. The second-order valence-corrected chi connectivity index (χ2v) is 5.70. The molecule has 0 aromatic carbocycles. The minimum atomic E-state index is 0.184. The molecule has 0 N–H and O–H groups in total. The minimum absolute atomic E-state index is 0.184. The predicted octanol–water partition coefficient (Wildman–Crippen LogP) is 3.90. The number of allylic oxidation sites excluding steroid dienone is 3. The van der Waals surface area contributed by atoms with Gasteiger partial charge in [-0.2, -0.15) is 0 Å². The standard InChI is InChI=1S/C15H22O/c1-11(2)13-7-8-15(9-13)12(3)5-4-6-14(15)10-16/h6,10,12-13H,1,4-5,7-9H2,2-3H3/t12-,13-,15+/m1/s1. The highest BCUT2D eigenvalue weighted by Crippen LogP contribution is 2.55. The fraction of sp³-hybridized carbons (Fsp3) is 0.667. The third kappa shape index (κ3) is 1.66. The maximum Gasteiger partial charge on any atom is 0.146 e. The van der Waals surface area contributed by atoms with E-state index in [4.69, 9.17) is 0 Å². The maximum absolute atomic E-state index is 11.3. The maximum atomic E-state index is 11.3. The number of hydrogen-bond donors (Lipinski definition) is 0. The van der Waals surface area contributed by atoms with Gasteiger partial charge in [-0.1, -0.05) is 25.2 Å². The zero-order valence-electron chi connectivity index (χ0n) is 10.5. The molecule has 1 spiro atoms. The average molecular weight is 218 g/mol. The molecule has 0 amide bonds. The van der Waals surface area contributed by atoms with Crippen LogP contribution >= 0.6 is 0 Å². The van der Waals surface area contributed by atoms with Gasteiger partial charge in [-0.3, -0.25) is 4.79 Å². The molecule has 2 rings (SSSR count). The molecule has 1 saturated carbocycles. The molecular formula is C15H22O. The van der Waals surface area contributed by atoms with Crippen molar-refractivity contribution in [2.75, 3.05) is 0 Å². The highest BCUT2D eigenvalue weighted by molar-refractivity contribution is 5.76. The average Bonchev–Trinajstić information content (AvgIpc) is 2.69. The van der Waals surface area contributed by atoms with Gasteiger partial charge in [-0.15, -0.1) is 0 Å². The van der Waals surface area contributed by atoms with Gasteiger partial charge in [0.15, 0.2) is 0 Å². The molecule has 1 nitrogen and oxygen atoms in total. The van der Waals surface area contributed by atoms with Gasteiger partial charge in [0.25, 0.3) is 0 Å². The Morgan fingerprint density at radius 2 is 2.31 bits per heavy atom. The molecule has 88 valence electrons. The fourth-order valence-electron chi connectivity index (χ4n) is 3.62. The molecule has 1 heteroatoms. The molecule has 0 heterocycles. The monoisotopic (exact) mass is 218 g/mol. The van der Waals surface area contributed by atoms with Crippen molar-refractivity contribution in [3.8, 4) is 0 Å². The van der Waals surface area contributed by atoms with Crippen molar-refractivity contribution < 1.29 is 4.79 Å². The lowest BCUT2D eigenvalue weighted by molar-refractivity contribution is -0.106. The summed E-state index contributed by atoms with van der Waals surface area (Å²) < 4.78 is 0. The number of carbonyl (C=O) groups excluding carboxylic acids is 1. The van der Waals surface area contributed by atoms with Gasteiger partial charge in [0.2, 0.25) is 0 Å². The summed E-state index contributed by atoms with van der Waals surface area (Å²) in [6.45, 7) is 8.53. The summed E-state index contributed by atoms with van der Waals surface area (Å²) in [5.41, 5.74) is 2.55. The van der Waals surface area contributed by atoms with E-state index in [2.05, 4.69) is 26.5 Å². The summed E-state index contributed by atoms with van der Waals surface area (Å²) in [5.74, 6) is 1.28. The summed E-state index contributed by atoms with van der Waals surface area (Å²) >= 11 is 0. The molecular weight excluding hydrogens is 196 g/mol. The number of carbonyl (C=O) groups is 1. The van der Waals surface area contributed by atoms with Crippen LogP contribution in [0.5, 0.6) is 0 Å². The molecule has 0 unspecified atom stereocenters. The lowest BCUT2D eigenvalue weighted by Crippen LogP contribution is -2.32. The highest BCUT2D eigenvalue weighted by Gasteiger charge is 2.46. The Labute approximate surface area is 98.6 Å². The lowest BCUT2D eigenvalue weighted by Gasteiger charge is -2.39. The molecule has 0 aromatic heterocycles. The van der Waals surface area contributed by atoms with Crippen LogP contribution in [0.25, 0.3) is 0 Å². The number of aldehydes is 1. The third-order valence-electron chi connectivity index (χ3n) is 4.86. The van der Waals surface area contributed by atoms with Crippen LogP contribution in [0.2, 0.25) is 0 Å². The number of hydrogen-bond acceptors (Lipinski definition) is 1. The third-order valence-corrected chi connectivity index (χ3v) is 4.86. The van der Waals surface area contributed by atoms with E-state index in [1.54, 1.807) is 0 Å². The first kappa shape index (κ1) is 11.6. The van der Waals surface area contributed by atoms with Crippen LogP contribution in [0.15, 0.2) is 23.8 Å². The van der Waals surface area contributed by atoms with Gasteiger partial charge >= 0.3 is 0 Å². The molecule has 0 aromatic rings. The molecule has 2 aliphatic rings. The van der Waals surface area contributed by atoms with Gasteiger partial charge in [-0.25, -0.2) is 0 Å². The van der Waals surface area contributed by atoms with Crippen molar-refractivity contribution in [1.29, 1.82) is 0 Å². The van der Waals surface area contributed by atoms with E-state index in [9.17, 15) is 4.79 Å². The second-order valence-electron chi connectivity index (χ2n) is 5.70. The van der Waals surface area contributed by atoms with Crippen molar-refractivity contribution in [1.82, 2.24) is 0 Å². The smallest absolute Gasteiger partial charge is 0.146 e. The first-order valence-electron chi connectivity index (χ1n) is 6.41. The van der Waals surface area contributed by atoms with Gasteiger partial charge < -0.3 is 0 Å². The summed E-state index contributed by atoms with van der Waals surface area (Å²) in [4.78, 5) is 11.3. The Kier molecular flexibility index (Phi) is 3.05. The predicted molar refractivity (Wildman–Crippen MR) is 67.1 cm³/mol. The van der Waals surface area contributed by atoms with Crippen LogP contribution in [0.3, 0.4) is 0 Å². The van der Waals surface area contributed by atoms with E-state index >= 15 is 0 Å². The fourth-order valence-corrected chi connectivity index (χ4v) is 3.62. The molecule has 1 fully saturated rings. The van der Waals surface area contributed by atoms with E-state index in [1.165, 1.54) is 24.8 Å². The van der Waals surface area contributed by atoms with Crippen molar-refractivity contribution >= 4 is 6.29 Å². The van der Waals surface area contributed by atoms with E-state index in [0.29, 0.717) is 11.8 Å². The van der Waals surface area contributed by atoms with Gasteiger partial charge in [0, 0.05) is 5.41 Å². The Morgan fingerprint density at radius 3 is 2.88 bits per heavy atom. The molecule has 0 bridgehead atoms. The molecule has 0 radical (unpaired) electrons. The Hall–Kier alpha value is -0.850. The summed E-state index contributed by atoms with van der Waals surface area (Å²) in [6.07, 6.45) is 9.13. The SMILES string of the molecule is C=C(C)[C@@H]1CC[C@@]2(C1)C(C=O)=CCC[C@H]2C. The Balaban J connectivity index is 2.29. The first-order chi connectivity index (χ1) is 7.60. The number of rotatable bonds is 2. The van der Waals surface area contributed by atoms with Gasteiger partial charge in [0.05, 0.1) is 0 Å². The van der Waals surface area contributed by atoms with Crippen molar-refractivity contribution in [2.24, 2.45) is 17.3 Å². The second kappa shape index (κ2) is 4.20. The van der Waals surface area contributed by atoms with Crippen molar-refractivity contribution in [3.63, 3.8) is 0 Å². The molecule has 3 atom stereocenters. The van der Waals surface area contributed by atoms with E-state index in [1.807, 2.05) is 0 Å². The zero-order valence-corrected chi connectivity index (χ0v) is 10.5. The van der Waals surface area contributed by atoms with Crippen LogP contribution in [-0.4, -0.2) is 6.29 Å². The Bertz CT molecular complexity index is 339. The molecule has 0 aliphatic heterocycles. The highest BCUT2D eigenvalue weighted by atomic mass is 16.1. The largest absolute Gasteiger partial charge is 0.298 e. The zero-order chi connectivity index (χ0) is 11.8. The Morgan fingerprint density at radius 1 is 1.56 bits per heavy atom. The topological polar surface area (TPSA) is 17.1 Å². The first-order valence-corrected chi connectivity index (χ1v) is 6.41. The van der Waals surface area contributed by atoms with Crippen molar-refractivity contribution in [2.45, 2.75) is 46.0 Å². The van der Waals surface area contributed by atoms with Crippen LogP contribution in [0.1, 0.15) is 46.0 Å². The van der Waals surface area contributed by atoms with Crippen molar-refractivity contribution in [3.05, 3.63) is 23.8 Å². The summed E-state index contributed by atoms with van der Waals surface area (Å²) in [6, 6.07) is 0. The normalized spacial score (nSPS) is 38.5. The van der Waals surface area contributed by atoms with Crippen LogP contribution < -0.4 is 0 Å². The molecule has 2 aliphatic carbocycles.